The van der Waals surface area contributed by atoms with Gasteiger partial charge in [-0.15, -0.1) is 0 Å². The minimum absolute atomic E-state index is 0.593. The van der Waals surface area contributed by atoms with Gasteiger partial charge in [0.1, 0.15) is 0 Å². The molecule has 1 fully saturated rings. The highest BCUT2D eigenvalue weighted by Gasteiger charge is 2.31. The van der Waals surface area contributed by atoms with Crippen molar-refractivity contribution in [3.05, 3.63) is 35.4 Å². The molecule has 3 rings (SSSR count). The Morgan fingerprint density at radius 1 is 1.15 bits per heavy atom. The highest BCUT2D eigenvalue weighted by atomic mass is 15.2. The van der Waals surface area contributed by atoms with Gasteiger partial charge < -0.3 is 5.73 Å². The summed E-state index contributed by atoms with van der Waals surface area (Å²) in [7, 11) is 0. The first kappa shape index (κ1) is 14.1. The van der Waals surface area contributed by atoms with Gasteiger partial charge in [-0.25, -0.2) is 0 Å². The summed E-state index contributed by atoms with van der Waals surface area (Å²) in [6.45, 7) is 5.50. The van der Waals surface area contributed by atoms with E-state index in [4.69, 9.17) is 5.73 Å². The highest BCUT2D eigenvalue weighted by Crippen LogP contribution is 2.33. The number of fused-ring (bicyclic) bond motifs is 1. The number of nitrogens with zero attached hydrogens (tertiary/aromatic N) is 1. The highest BCUT2D eigenvalue weighted by molar-refractivity contribution is 5.29. The van der Waals surface area contributed by atoms with Crippen LogP contribution in [0.5, 0.6) is 0 Å². The van der Waals surface area contributed by atoms with E-state index in [2.05, 4.69) is 36.1 Å². The van der Waals surface area contributed by atoms with Gasteiger partial charge in [0.05, 0.1) is 0 Å². The zero-order valence-electron chi connectivity index (χ0n) is 12.7. The van der Waals surface area contributed by atoms with Crippen molar-refractivity contribution in [2.45, 2.75) is 51.6 Å². The van der Waals surface area contributed by atoms with Crippen molar-refractivity contribution in [3.8, 4) is 0 Å². The van der Waals surface area contributed by atoms with Gasteiger partial charge in [-0.1, -0.05) is 44.0 Å². The minimum Gasteiger partial charge on any atom is -0.329 e. The molecule has 0 bridgehead atoms. The smallest absolute Gasteiger partial charge is 0.0250 e. The average molecular weight is 272 g/mol. The molecule has 1 heterocycles. The molecule has 1 aliphatic carbocycles. The Morgan fingerprint density at radius 2 is 1.85 bits per heavy atom. The maximum Gasteiger partial charge on any atom is 0.0250 e. The maximum atomic E-state index is 6.15. The summed E-state index contributed by atoms with van der Waals surface area (Å²) in [6.07, 6.45) is 6.73. The first-order valence-corrected chi connectivity index (χ1v) is 8.29. The summed E-state index contributed by atoms with van der Waals surface area (Å²) >= 11 is 0. The molecule has 1 aliphatic heterocycles. The molecule has 2 nitrogen and oxygen atoms in total. The van der Waals surface area contributed by atoms with E-state index in [0.29, 0.717) is 6.04 Å². The van der Waals surface area contributed by atoms with E-state index in [1.807, 2.05) is 0 Å². The van der Waals surface area contributed by atoms with Gasteiger partial charge in [-0.05, 0) is 42.2 Å². The number of hydrogen-bond donors (Lipinski definition) is 1. The molecule has 2 heteroatoms. The van der Waals surface area contributed by atoms with Crippen LogP contribution >= 0.6 is 0 Å². The van der Waals surface area contributed by atoms with Crippen LogP contribution in [0.4, 0.5) is 0 Å². The Labute approximate surface area is 123 Å². The maximum absolute atomic E-state index is 6.15. The van der Waals surface area contributed by atoms with Crippen LogP contribution in [-0.4, -0.2) is 24.0 Å². The number of nitrogens with two attached hydrogens (primary N) is 1. The second-order valence-electron chi connectivity index (χ2n) is 6.81. The van der Waals surface area contributed by atoms with Crippen LogP contribution in [0.15, 0.2) is 24.3 Å². The third kappa shape index (κ3) is 2.91. The van der Waals surface area contributed by atoms with Crippen molar-refractivity contribution in [2.24, 2.45) is 17.6 Å². The van der Waals surface area contributed by atoms with E-state index in [0.717, 1.165) is 24.9 Å². The van der Waals surface area contributed by atoms with E-state index < -0.39 is 0 Å². The van der Waals surface area contributed by atoms with Gasteiger partial charge in [-0.2, -0.15) is 0 Å². The zero-order valence-corrected chi connectivity index (χ0v) is 12.7. The van der Waals surface area contributed by atoms with Gasteiger partial charge in [-0.3, -0.25) is 4.90 Å². The summed E-state index contributed by atoms with van der Waals surface area (Å²) in [4.78, 5) is 2.66. The van der Waals surface area contributed by atoms with Crippen LogP contribution in [-0.2, 0) is 13.0 Å². The Hall–Kier alpha value is -0.860. The van der Waals surface area contributed by atoms with Gasteiger partial charge >= 0.3 is 0 Å². The van der Waals surface area contributed by atoms with Crippen LogP contribution in [0, 0.1) is 11.8 Å². The number of rotatable bonds is 3. The molecule has 1 unspecified atom stereocenters. The number of benzene rings is 1. The first-order valence-electron chi connectivity index (χ1n) is 8.29. The van der Waals surface area contributed by atoms with Gasteiger partial charge in [0.2, 0.25) is 0 Å². The quantitative estimate of drug-likeness (QED) is 0.915. The van der Waals surface area contributed by atoms with Crippen molar-refractivity contribution >= 4 is 0 Å². The fourth-order valence-electron chi connectivity index (χ4n) is 4.11. The predicted molar refractivity (Wildman–Crippen MR) is 84.5 cm³/mol. The van der Waals surface area contributed by atoms with Crippen LogP contribution in [0.25, 0.3) is 0 Å². The summed E-state index contributed by atoms with van der Waals surface area (Å²) < 4.78 is 0. The van der Waals surface area contributed by atoms with Crippen molar-refractivity contribution in [2.75, 3.05) is 13.1 Å². The molecule has 2 N–H and O–H groups in total. The second kappa shape index (κ2) is 6.28. The molecule has 1 aromatic rings. The standard InChI is InChI=1S/C18H28N2/c1-14-6-8-16(9-7-14)18(12-19)20-11-10-15-4-2-3-5-17(15)13-20/h2-5,14,16,18H,6-13,19H2,1H3. The lowest BCUT2D eigenvalue weighted by atomic mass is 9.78. The molecule has 0 amide bonds. The predicted octanol–water partition coefficient (Wildman–Crippen LogP) is 3.20. The Kier molecular flexibility index (Phi) is 4.42. The molecule has 0 aromatic heterocycles. The molecule has 2 aliphatic rings. The van der Waals surface area contributed by atoms with Gasteiger partial charge in [0.15, 0.2) is 0 Å². The molecule has 1 aromatic carbocycles. The SMILES string of the molecule is CC1CCC(C(CN)N2CCc3ccccc3C2)CC1. The molecule has 1 atom stereocenters. The first-order chi connectivity index (χ1) is 9.78. The molecule has 110 valence electrons. The fraction of sp³-hybridized carbons (Fsp3) is 0.667. The Morgan fingerprint density at radius 3 is 2.55 bits per heavy atom. The summed E-state index contributed by atoms with van der Waals surface area (Å²) in [5, 5.41) is 0. The molecule has 0 radical (unpaired) electrons. The van der Waals surface area contributed by atoms with E-state index >= 15 is 0 Å². The van der Waals surface area contributed by atoms with Crippen molar-refractivity contribution in [1.29, 1.82) is 0 Å². The minimum atomic E-state index is 0.593. The molecule has 0 spiro atoms. The van der Waals surface area contributed by atoms with Crippen LogP contribution < -0.4 is 5.73 Å². The van der Waals surface area contributed by atoms with E-state index in [9.17, 15) is 0 Å². The van der Waals surface area contributed by atoms with Crippen LogP contribution in [0.2, 0.25) is 0 Å². The van der Waals surface area contributed by atoms with Gasteiger partial charge in [0.25, 0.3) is 0 Å². The normalized spacial score (nSPS) is 28.9. The van der Waals surface area contributed by atoms with E-state index in [-0.39, 0.29) is 0 Å². The second-order valence-corrected chi connectivity index (χ2v) is 6.81. The third-order valence-corrected chi connectivity index (χ3v) is 5.48. The van der Waals surface area contributed by atoms with Gasteiger partial charge in [0, 0.05) is 25.7 Å². The van der Waals surface area contributed by atoms with Crippen molar-refractivity contribution in [3.63, 3.8) is 0 Å². The zero-order chi connectivity index (χ0) is 13.9. The average Bonchev–Trinajstić information content (AvgIpc) is 2.50. The lowest BCUT2D eigenvalue weighted by Gasteiger charge is -2.41. The van der Waals surface area contributed by atoms with E-state index in [1.54, 1.807) is 0 Å². The molecule has 0 saturated heterocycles. The molecular formula is C18H28N2. The van der Waals surface area contributed by atoms with Crippen LogP contribution in [0.1, 0.15) is 43.7 Å². The molecule has 1 saturated carbocycles. The summed E-state index contributed by atoms with van der Waals surface area (Å²) in [6, 6.07) is 9.50. The van der Waals surface area contributed by atoms with Crippen LogP contribution in [0.3, 0.4) is 0 Å². The van der Waals surface area contributed by atoms with Crippen molar-refractivity contribution < 1.29 is 0 Å². The lowest BCUT2D eigenvalue weighted by Crippen LogP contribution is -2.48. The number of hydrogen-bond acceptors (Lipinski definition) is 2. The summed E-state index contributed by atoms with van der Waals surface area (Å²) in [5.41, 5.74) is 9.20. The summed E-state index contributed by atoms with van der Waals surface area (Å²) in [5.74, 6) is 1.74. The molecule has 20 heavy (non-hydrogen) atoms. The lowest BCUT2D eigenvalue weighted by molar-refractivity contribution is 0.100. The topological polar surface area (TPSA) is 29.3 Å². The Bertz CT molecular complexity index is 435. The van der Waals surface area contributed by atoms with Crippen molar-refractivity contribution in [1.82, 2.24) is 4.90 Å². The molecular weight excluding hydrogens is 244 g/mol. The van der Waals surface area contributed by atoms with E-state index in [1.165, 1.54) is 49.8 Å². The third-order valence-electron chi connectivity index (χ3n) is 5.48. The Balaban J connectivity index is 1.68. The monoisotopic (exact) mass is 272 g/mol. The fourth-order valence-corrected chi connectivity index (χ4v) is 4.11. The largest absolute Gasteiger partial charge is 0.329 e.